The third kappa shape index (κ3) is 1.41. The minimum absolute atomic E-state index is 0.298. The highest BCUT2D eigenvalue weighted by atomic mass is 16.3. The molecule has 1 N–H and O–H groups in total. The highest BCUT2D eigenvalue weighted by Crippen LogP contribution is 2.57. The molecule has 1 nitrogen and oxygen atoms in total. The molecule has 0 aromatic heterocycles. The summed E-state index contributed by atoms with van der Waals surface area (Å²) in [6, 6.07) is 0. The molecule has 4 fully saturated rings. The molecule has 0 aromatic carbocycles. The Hall–Kier alpha value is -0.0400. The molecule has 0 heterocycles. The van der Waals surface area contributed by atoms with Crippen LogP contribution in [0.3, 0.4) is 0 Å². The van der Waals surface area contributed by atoms with Crippen LogP contribution < -0.4 is 0 Å². The fourth-order valence-corrected chi connectivity index (χ4v) is 4.14. The Morgan fingerprint density at radius 2 is 1.21 bits per heavy atom. The van der Waals surface area contributed by atoms with Gasteiger partial charge in [-0.1, -0.05) is 13.8 Å². The summed E-state index contributed by atoms with van der Waals surface area (Å²) in [7, 11) is 0. The molecule has 4 rings (SSSR count). The molecule has 4 aliphatic rings. The zero-order valence-electron chi connectivity index (χ0n) is 9.79. The molecule has 0 unspecified atom stereocenters. The van der Waals surface area contributed by atoms with Crippen molar-refractivity contribution in [3.63, 3.8) is 0 Å². The highest BCUT2D eigenvalue weighted by molar-refractivity contribution is 5.04. The molecule has 0 aromatic rings. The van der Waals surface area contributed by atoms with Gasteiger partial charge in [0.05, 0.1) is 5.60 Å². The van der Waals surface area contributed by atoms with Gasteiger partial charge in [-0.05, 0) is 62.7 Å². The SMILES string of the molecule is CC.CC1(O)C2CC3CC(C2)CC1C3. The lowest BCUT2D eigenvalue weighted by molar-refractivity contribution is -0.161. The second-order valence-electron chi connectivity index (χ2n) is 5.53. The van der Waals surface area contributed by atoms with Crippen molar-refractivity contribution < 1.29 is 5.11 Å². The van der Waals surface area contributed by atoms with Crippen molar-refractivity contribution in [2.45, 2.75) is 58.5 Å². The summed E-state index contributed by atoms with van der Waals surface area (Å²) in [5.41, 5.74) is -0.298. The maximum atomic E-state index is 10.3. The summed E-state index contributed by atoms with van der Waals surface area (Å²) in [6.07, 6.45) is 6.75. The van der Waals surface area contributed by atoms with Gasteiger partial charge in [0.25, 0.3) is 0 Å². The number of hydrogen-bond acceptors (Lipinski definition) is 1. The Labute approximate surface area is 87.9 Å². The van der Waals surface area contributed by atoms with Crippen molar-refractivity contribution in [3.8, 4) is 0 Å². The molecule has 0 atom stereocenters. The third-order valence-electron chi connectivity index (χ3n) is 4.79. The van der Waals surface area contributed by atoms with Crippen LogP contribution in [0.2, 0.25) is 0 Å². The van der Waals surface area contributed by atoms with Gasteiger partial charge in [0.2, 0.25) is 0 Å². The van der Waals surface area contributed by atoms with E-state index < -0.39 is 0 Å². The van der Waals surface area contributed by atoms with Gasteiger partial charge < -0.3 is 5.11 Å². The maximum absolute atomic E-state index is 10.3. The van der Waals surface area contributed by atoms with Crippen molar-refractivity contribution in [2.75, 3.05) is 0 Å². The van der Waals surface area contributed by atoms with Crippen LogP contribution in [-0.2, 0) is 0 Å². The van der Waals surface area contributed by atoms with Crippen LogP contribution in [0.1, 0.15) is 52.9 Å². The number of rotatable bonds is 0. The van der Waals surface area contributed by atoms with Crippen LogP contribution in [0, 0.1) is 23.7 Å². The molecule has 4 saturated carbocycles. The van der Waals surface area contributed by atoms with Crippen molar-refractivity contribution in [3.05, 3.63) is 0 Å². The van der Waals surface area contributed by atoms with Crippen molar-refractivity contribution in [2.24, 2.45) is 23.7 Å². The molecule has 4 aliphatic carbocycles. The van der Waals surface area contributed by atoms with E-state index in [4.69, 9.17) is 0 Å². The van der Waals surface area contributed by atoms with Gasteiger partial charge in [-0.25, -0.2) is 0 Å². The predicted molar refractivity (Wildman–Crippen MR) is 59.0 cm³/mol. The molecule has 0 spiro atoms. The van der Waals surface area contributed by atoms with Gasteiger partial charge in [0.1, 0.15) is 0 Å². The maximum Gasteiger partial charge on any atom is 0.0676 e. The molecular weight excluding hydrogens is 172 g/mol. The minimum atomic E-state index is -0.298. The minimum Gasteiger partial charge on any atom is -0.390 e. The molecule has 14 heavy (non-hydrogen) atoms. The van der Waals surface area contributed by atoms with E-state index in [1.54, 1.807) is 0 Å². The lowest BCUT2D eigenvalue weighted by atomic mass is 9.50. The summed E-state index contributed by atoms with van der Waals surface area (Å²) in [6.45, 7) is 6.08. The Morgan fingerprint density at radius 1 is 0.857 bits per heavy atom. The fraction of sp³-hybridized carbons (Fsp3) is 1.00. The summed E-state index contributed by atoms with van der Waals surface area (Å²) >= 11 is 0. The summed E-state index contributed by atoms with van der Waals surface area (Å²) < 4.78 is 0. The first kappa shape index (κ1) is 10.5. The van der Waals surface area contributed by atoms with Crippen molar-refractivity contribution in [1.29, 1.82) is 0 Å². The lowest BCUT2D eigenvalue weighted by Crippen LogP contribution is -2.55. The van der Waals surface area contributed by atoms with E-state index in [1.165, 1.54) is 32.1 Å². The van der Waals surface area contributed by atoms with Crippen LogP contribution in [-0.4, -0.2) is 10.7 Å². The Kier molecular flexibility index (Phi) is 2.63. The average molecular weight is 196 g/mol. The van der Waals surface area contributed by atoms with E-state index in [-0.39, 0.29) is 5.60 Å². The van der Waals surface area contributed by atoms with Crippen LogP contribution in [0.5, 0.6) is 0 Å². The summed E-state index contributed by atoms with van der Waals surface area (Å²) in [4.78, 5) is 0. The van der Waals surface area contributed by atoms with Crippen molar-refractivity contribution in [1.82, 2.24) is 0 Å². The van der Waals surface area contributed by atoms with E-state index in [2.05, 4.69) is 6.92 Å². The summed E-state index contributed by atoms with van der Waals surface area (Å²) in [5.74, 6) is 3.25. The summed E-state index contributed by atoms with van der Waals surface area (Å²) in [5, 5.41) is 10.3. The molecule has 0 saturated heterocycles. The Morgan fingerprint density at radius 3 is 1.57 bits per heavy atom. The quantitative estimate of drug-likeness (QED) is 0.630. The molecule has 82 valence electrons. The normalized spacial score (nSPS) is 54.0. The predicted octanol–water partition coefficient (Wildman–Crippen LogP) is 3.22. The van der Waals surface area contributed by atoms with E-state index in [0.29, 0.717) is 11.8 Å². The first-order valence-corrected chi connectivity index (χ1v) is 6.38. The highest BCUT2D eigenvalue weighted by Gasteiger charge is 2.53. The molecule has 0 radical (unpaired) electrons. The van der Waals surface area contributed by atoms with Crippen LogP contribution >= 0.6 is 0 Å². The van der Waals surface area contributed by atoms with E-state index >= 15 is 0 Å². The van der Waals surface area contributed by atoms with Crippen molar-refractivity contribution >= 4 is 0 Å². The zero-order valence-corrected chi connectivity index (χ0v) is 9.79. The molecule has 0 aliphatic heterocycles. The second-order valence-corrected chi connectivity index (χ2v) is 5.53. The van der Waals surface area contributed by atoms with E-state index in [1.807, 2.05) is 13.8 Å². The van der Waals surface area contributed by atoms with Crippen LogP contribution in [0.15, 0.2) is 0 Å². The van der Waals surface area contributed by atoms with E-state index in [9.17, 15) is 5.11 Å². The Balaban J connectivity index is 0.000000354. The molecule has 1 heteroatoms. The van der Waals surface area contributed by atoms with Crippen LogP contribution in [0.25, 0.3) is 0 Å². The Bertz CT molecular complexity index is 177. The van der Waals surface area contributed by atoms with Gasteiger partial charge in [0.15, 0.2) is 0 Å². The zero-order chi connectivity index (χ0) is 10.3. The van der Waals surface area contributed by atoms with Gasteiger partial charge >= 0.3 is 0 Å². The van der Waals surface area contributed by atoms with Gasteiger partial charge in [-0.15, -0.1) is 0 Å². The molecule has 4 bridgehead atoms. The standard InChI is InChI=1S/C11H18O.C2H6/c1-11(12)9-3-7-2-8(5-9)6-10(11)4-7;1-2/h7-10,12H,2-6H2,1H3;1-2H3. The molecular formula is C13H24O. The smallest absolute Gasteiger partial charge is 0.0676 e. The third-order valence-corrected chi connectivity index (χ3v) is 4.79. The monoisotopic (exact) mass is 196 g/mol. The first-order valence-electron chi connectivity index (χ1n) is 6.38. The first-order chi connectivity index (χ1) is 6.66. The largest absolute Gasteiger partial charge is 0.390 e. The van der Waals surface area contributed by atoms with Crippen LogP contribution in [0.4, 0.5) is 0 Å². The van der Waals surface area contributed by atoms with Gasteiger partial charge in [-0.3, -0.25) is 0 Å². The van der Waals surface area contributed by atoms with Gasteiger partial charge in [-0.2, -0.15) is 0 Å². The number of hydrogen-bond donors (Lipinski definition) is 1. The average Bonchev–Trinajstić information content (AvgIpc) is 2.17. The van der Waals surface area contributed by atoms with Gasteiger partial charge in [0, 0.05) is 0 Å². The second kappa shape index (κ2) is 3.52. The topological polar surface area (TPSA) is 20.2 Å². The lowest BCUT2D eigenvalue weighted by Gasteiger charge is -2.57. The number of aliphatic hydroxyl groups is 1. The van der Waals surface area contributed by atoms with E-state index in [0.717, 1.165) is 11.8 Å². The fourth-order valence-electron chi connectivity index (χ4n) is 4.14. The molecule has 0 amide bonds.